The van der Waals surface area contributed by atoms with Gasteiger partial charge in [-0.3, -0.25) is 0 Å². The lowest BCUT2D eigenvalue weighted by atomic mass is 10.1. The van der Waals surface area contributed by atoms with Crippen LogP contribution in [0.15, 0.2) is 24.3 Å². The van der Waals surface area contributed by atoms with E-state index in [-0.39, 0.29) is 0 Å². The standard InChI is InChI=1S/C11H13N3/c1-7-4-9-3-2-8(6-12)5-10(9)14-11(7)13/h2-5H,6,12H2,1H3,(H2,13,14). The van der Waals surface area contributed by atoms with Gasteiger partial charge in [0.1, 0.15) is 5.82 Å². The van der Waals surface area contributed by atoms with Gasteiger partial charge in [-0.1, -0.05) is 12.1 Å². The Morgan fingerprint density at radius 3 is 2.79 bits per heavy atom. The average Bonchev–Trinajstić information content (AvgIpc) is 2.19. The number of hydrogen-bond donors (Lipinski definition) is 2. The molecule has 0 fully saturated rings. The largest absolute Gasteiger partial charge is 0.383 e. The molecule has 0 unspecified atom stereocenters. The van der Waals surface area contributed by atoms with Crippen LogP contribution in [0.1, 0.15) is 11.1 Å². The molecule has 0 radical (unpaired) electrons. The second-order valence-corrected chi connectivity index (χ2v) is 3.42. The molecule has 0 bridgehead atoms. The number of hydrogen-bond acceptors (Lipinski definition) is 3. The Morgan fingerprint density at radius 1 is 1.29 bits per heavy atom. The molecule has 0 aliphatic carbocycles. The van der Waals surface area contributed by atoms with Gasteiger partial charge in [0, 0.05) is 11.9 Å². The fraction of sp³-hybridized carbons (Fsp3) is 0.182. The van der Waals surface area contributed by atoms with Gasteiger partial charge in [-0.15, -0.1) is 0 Å². The van der Waals surface area contributed by atoms with E-state index in [1.54, 1.807) is 0 Å². The predicted octanol–water partition coefficient (Wildman–Crippen LogP) is 1.58. The zero-order chi connectivity index (χ0) is 10.1. The van der Waals surface area contributed by atoms with E-state index in [1.807, 2.05) is 31.2 Å². The summed E-state index contributed by atoms with van der Waals surface area (Å²) in [7, 11) is 0. The Hall–Kier alpha value is -1.61. The SMILES string of the molecule is Cc1cc2ccc(CN)cc2nc1N. The van der Waals surface area contributed by atoms with Crippen LogP contribution in [0, 0.1) is 6.92 Å². The number of nitrogens with two attached hydrogens (primary N) is 2. The molecule has 1 aromatic heterocycles. The molecule has 1 heterocycles. The third kappa shape index (κ3) is 1.42. The average molecular weight is 187 g/mol. The van der Waals surface area contributed by atoms with E-state index in [4.69, 9.17) is 11.5 Å². The molecule has 2 aromatic rings. The number of pyridine rings is 1. The monoisotopic (exact) mass is 187 g/mol. The summed E-state index contributed by atoms with van der Waals surface area (Å²) >= 11 is 0. The summed E-state index contributed by atoms with van der Waals surface area (Å²) in [6.45, 7) is 2.49. The summed E-state index contributed by atoms with van der Waals surface area (Å²) < 4.78 is 0. The zero-order valence-electron chi connectivity index (χ0n) is 8.12. The van der Waals surface area contributed by atoms with Crippen molar-refractivity contribution in [2.24, 2.45) is 5.73 Å². The topological polar surface area (TPSA) is 64.9 Å². The predicted molar refractivity (Wildman–Crippen MR) is 58.8 cm³/mol. The van der Waals surface area contributed by atoms with Gasteiger partial charge in [-0.2, -0.15) is 0 Å². The van der Waals surface area contributed by atoms with E-state index < -0.39 is 0 Å². The van der Waals surface area contributed by atoms with Crippen molar-refractivity contribution in [2.75, 3.05) is 5.73 Å². The number of aryl methyl sites for hydroxylation is 1. The highest BCUT2D eigenvalue weighted by atomic mass is 14.8. The van der Waals surface area contributed by atoms with E-state index in [0.717, 1.165) is 22.0 Å². The zero-order valence-corrected chi connectivity index (χ0v) is 8.12. The summed E-state index contributed by atoms with van der Waals surface area (Å²) in [4.78, 5) is 4.31. The lowest BCUT2D eigenvalue weighted by Gasteiger charge is -2.04. The highest BCUT2D eigenvalue weighted by Gasteiger charge is 2.00. The quantitative estimate of drug-likeness (QED) is 0.712. The lowest BCUT2D eigenvalue weighted by molar-refractivity contribution is 1.07. The van der Waals surface area contributed by atoms with E-state index in [1.165, 1.54) is 0 Å². The van der Waals surface area contributed by atoms with Crippen molar-refractivity contribution < 1.29 is 0 Å². The van der Waals surface area contributed by atoms with Gasteiger partial charge in [0.2, 0.25) is 0 Å². The molecule has 3 nitrogen and oxygen atoms in total. The Labute approximate surface area is 82.7 Å². The molecule has 0 amide bonds. The van der Waals surface area contributed by atoms with Crippen LogP contribution in [0.5, 0.6) is 0 Å². The Morgan fingerprint density at radius 2 is 2.07 bits per heavy atom. The third-order valence-corrected chi connectivity index (χ3v) is 2.35. The molecule has 0 spiro atoms. The van der Waals surface area contributed by atoms with E-state index in [0.29, 0.717) is 12.4 Å². The van der Waals surface area contributed by atoms with Crippen molar-refractivity contribution in [3.8, 4) is 0 Å². The Bertz CT molecular complexity index is 477. The van der Waals surface area contributed by atoms with Gasteiger partial charge in [-0.25, -0.2) is 4.98 Å². The number of nitrogen functional groups attached to an aromatic ring is 1. The fourth-order valence-corrected chi connectivity index (χ4v) is 1.46. The van der Waals surface area contributed by atoms with Crippen molar-refractivity contribution in [3.63, 3.8) is 0 Å². The van der Waals surface area contributed by atoms with Gasteiger partial charge in [-0.05, 0) is 30.2 Å². The van der Waals surface area contributed by atoms with Crippen molar-refractivity contribution >= 4 is 16.7 Å². The minimum atomic E-state index is 0.533. The van der Waals surface area contributed by atoms with E-state index >= 15 is 0 Å². The molecule has 0 aliphatic heterocycles. The van der Waals surface area contributed by atoms with Crippen molar-refractivity contribution in [1.82, 2.24) is 4.98 Å². The molecule has 0 aliphatic rings. The van der Waals surface area contributed by atoms with Gasteiger partial charge in [0.25, 0.3) is 0 Å². The first-order chi connectivity index (χ1) is 6.70. The summed E-state index contributed by atoms with van der Waals surface area (Å²) in [6.07, 6.45) is 0. The molecule has 1 aromatic carbocycles. The van der Waals surface area contributed by atoms with E-state index in [2.05, 4.69) is 4.98 Å². The second kappa shape index (κ2) is 3.27. The van der Waals surface area contributed by atoms with Gasteiger partial charge < -0.3 is 11.5 Å². The van der Waals surface area contributed by atoms with Crippen LogP contribution in [-0.2, 0) is 6.54 Å². The van der Waals surface area contributed by atoms with Gasteiger partial charge in [0.15, 0.2) is 0 Å². The van der Waals surface area contributed by atoms with Crippen molar-refractivity contribution in [1.29, 1.82) is 0 Å². The smallest absolute Gasteiger partial charge is 0.127 e. The van der Waals surface area contributed by atoms with Gasteiger partial charge >= 0.3 is 0 Å². The Kier molecular flexibility index (Phi) is 2.09. The molecule has 4 N–H and O–H groups in total. The number of benzene rings is 1. The molecule has 72 valence electrons. The summed E-state index contributed by atoms with van der Waals surface area (Å²) in [5.74, 6) is 0.590. The first-order valence-electron chi connectivity index (χ1n) is 4.56. The first kappa shape index (κ1) is 8.97. The second-order valence-electron chi connectivity index (χ2n) is 3.42. The highest BCUT2D eigenvalue weighted by molar-refractivity contribution is 5.81. The highest BCUT2D eigenvalue weighted by Crippen LogP contribution is 2.18. The van der Waals surface area contributed by atoms with Crippen LogP contribution in [0.3, 0.4) is 0 Å². The van der Waals surface area contributed by atoms with E-state index in [9.17, 15) is 0 Å². The van der Waals surface area contributed by atoms with Crippen LogP contribution < -0.4 is 11.5 Å². The van der Waals surface area contributed by atoms with Crippen LogP contribution in [-0.4, -0.2) is 4.98 Å². The summed E-state index contributed by atoms with van der Waals surface area (Å²) in [5.41, 5.74) is 14.3. The number of nitrogens with zero attached hydrogens (tertiary/aromatic N) is 1. The number of aromatic nitrogens is 1. The molecular weight excluding hydrogens is 174 g/mol. The minimum absolute atomic E-state index is 0.533. The van der Waals surface area contributed by atoms with Crippen molar-refractivity contribution in [2.45, 2.75) is 13.5 Å². The van der Waals surface area contributed by atoms with Gasteiger partial charge in [0.05, 0.1) is 5.52 Å². The molecule has 14 heavy (non-hydrogen) atoms. The van der Waals surface area contributed by atoms with Crippen molar-refractivity contribution in [3.05, 3.63) is 35.4 Å². The maximum absolute atomic E-state index is 5.74. The summed E-state index contributed by atoms with van der Waals surface area (Å²) in [6, 6.07) is 8.06. The lowest BCUT2D eigenvalue weighted by Crippen LogP contribution is -1.98. The first-order valence-corrected chi connectivity index (χ1v) is 4.56. The van der Waals surface area contributed by atoms with Crippen LogP contribution in [0.2, 0.25) is 0 Å². The molecule has 0 atom stereocenters. The Balaban J connectivity index is 2.70. The van der Waals surface area contributed by atoms with Crippen LogP contribution in [0.25, 0.3) is 10.9 Å². The fourth-order valence-electron chi connectivity index (χ4n) is 1.46. The molecule has 0 saturated heterocycles. The number of rotatable bonds is 1. The third-order valence-electron chi connectivity index (χ3n) is 2.35. The summed E-state index contributed by atoms with van der Waals surface area (Å²) in [5, 5.41) is 1.11. The molecule has 3 heteroatoms. The maximum Gasteiger partial charge on any atom is 0.127 e. The van der Waals surface area contributed by atoms with Crippen LogP contribution in [0.4, 0.5) is 5.82 Å². The number of anilines is 1. The minimum Gasteiger partial charge on any atom is -0.383 e. The molecular formula is C11H13N3. The van der Waals surface area contributed by atoms with Crippen LogP contribution >= 0.6 is 0 Å². The number of fused-ring (bicyclic) bond motifs is 1. The maximum atomic E-state index is 5.74. The molecule has 0 saturated carbocycles. The normalized spacial score (nSPS) is 10.7. The molecule has 2 rings (SSSR count).